The second-order valence-electron chi connectivity index (χ2n) is 6.09. The van der Waals surface area contributed by atoms with Crippen LogP contribution in [0, 0.1) is 5.82 Å². The van der Waals surface area contributed by atoms with E-state index in [0.717, 1.165) is 12.1 Å². The summed E-state index contributed by atoms with van der Waals surface area (Å²) in [6, 6.07) is 12.8. The Balaban J connectivity index is 2.42. The molecular formula is C19H25FNO3P. The molecule has 0 saturated carbocycles. The molecule has 0 bridgehead atoms. The van der Waals surface area contributed by atoms with Gasteiger partial charge in [0.05, 0.1) is 6.61 Å². The van der Waals surface area contributed by atoms with Crippen molar-refractivity contribution in [3.63, 3.8) is 0 Å². The van der Waals surface area contributed by atoms with Crippen molar-refractivity contribution in [2.45, 2.75) is 25.6 Å². The fourth-order valence-corrected chi connectivity index (χ4v) is 4.57. The Labute approximate surface area is 148 Å². The van der Waals surface area contributed by atoms with Crippen LogP contribution in [0.1, 0.15) is 31.2 Å². The van der Waals surface area contributed by atoms with Crippen molar-refractivity contribution in [3.05, 3.63) is 59.9 Å². The molecule has 25 heavy (non-hydrogen) atoms. The average molecular weight is 365 g/mol. The summed E-state index contributed by atoms with van der Waals surface area (Å²) in [5.41, 5.74) is 0.920. The highest BCUT2D eigenvalue weighted by Gasteiger charge is 2.37. The molecule has 0 heterocycles. The Morgan fingerprint density at radius 2 is 1.80 bits per heavy atom. The molecule has 0 aliphatic heterocycles. The van der Waals surface area contributed by atoms with Crippen LogP contribution in [0.2, 0.25) is 0 Å². The highest BCUT2D eigenvalue weighted by atomic mass is 31.2. The number of benzene rings is 2. The minimum Gasteiger partial charge on any atom is -0.378 e. The first-order valence-electron chi connectivity index (χ1n) is 8.35. The molecule has 2 aromatic rings. The normalized spacial score (nSPS) is 14.8. The summed E-state index contributed by atoms with van der Waals surface area (Å²) >= 11 is 0. The largest absolute Gasteiger partial charge is 0.378 e. The number of anilines is 1. The molecule has 2 atom stereocenters. The third kappa shape index (κ3) is 4.49. The molecule has 0 amide bonds. The standard InChI is InChI=1S/C19H25FNO3P/c1-4-5-14-24-25(23,16-12-10-15(11-13-16)21(2)3)19(22)17-8-6-7-9-18(17)20/h6-13,19,22H,4-5,14H2,1-3H3/t19-,25+/m1/s1. The second kappa shape index (κ2) is 8.61. The number of hydrogen-bond donors (Lipinski definition) is 1. The van der Waals surface area contributed by atoms with E-state index in [9.17, 15) is 14.1 Å². The van der Waals surface area contributed by atoms with Crippen molar-refractivity contribution in [3.8, 4) is 0 Å². The van der Waals surface area contributed by atoms with E-state index in [1.165, 1.54) is 18.2 Å². The van der Waals surface area contributed by atoms with E-state index in [-0.39, 0.29) is 12.2 Å². The van der Waals surface area contributed by atoms with Crippen molar-refractivity contribution < 1.29 is 18.6 Å². The summed E-state index contributed by atoms with van der Waals surface area (Å²) in [6.07, 6.45) is 1.58. The Morgan fingerprint density at radius 3 is 2.36 bits per heavy atom. The lowest BCUT2D eigenvalue weighted by Gasteiger charge is -2.25. The molecule has 0 spiro atoms. The van der Waals surface area contributed by atoms with E-state index >= 15 is 0 Å². The van der Waals surface area contributed by atoms with E-state index < -0.39 is 19.0 Å². The maximum absolute atomic E-state index is 14.1. The second-order valence-corrected chi connectivity index (χ2v) is 8.55. The van der Waals surface area contributed by atoms with Crippen LogP contribution in [0.5, 0.6) is 0 Å². The molecule has 4 nitrogen and oxygen atoms in total. The van der Waals surface area contributed by atoms with E-state index in [4.69, 9.17) is 4.52 Å². The Bertz CT molecular complexity index is 734. The molecule has 0 saturated heterocycles. The van der Waals surface area contributed by atoms with Gasteiger partial charge in [0.1, 0.15) is 5.82 Å². The number of nitrogens with zero attached hydrogens (tertiary/aromatic N) is 1. The van der Waals surface area contributed by atoms with Crippen LogP contribution >= 0.6 is 7.37 Å². The minimum absolute atomic E-state index is 0.0148. The maximum Gasteiger partial charge on any atom is 0.264 e. The lowest BCUT2D eigenvalue weighted by molar-refractivity contribution is 0.209. The van der Waals surface area contributed by atoms with Crippen molar-refractivity contribution in [2.75, 3.05) is 25.6 Å². The third-order valence-electron chi connectivity index (χ3n) is 4.01. The molecule has 0 fully saturated rings. The molecule has 0 unspecified atom stereocenters. The molecule has 0 aromatic heterocycles. The molecule has 136 valence electrons. The topological polar surface area (TPSA) is 49.8 Å². The van der Waals surface area contributed by atoms with Crippen molar-refractivity contribution in [1.82, 2.24) is 0 Å². The number of aliphatic hydroxyl groups is 1. The van der Waals surface area contributed by atoms with Gasteiger partial charge in [-0.3, -0.25) is 4.57 Å². The smallest absolute Gasteiger partial charge is 0.264 e. The van der Waals surface area contributed by atoms with E-state index in [1.807, 2.05) is 25.9 Å². The quantitative estimate of drug-likeness (QED) is 0.560. The minimum atomic E-state index is -3.69. The van der Waals surface area contributed by atoms with Gasteiger partial charge in [-0.05, 0) is 36.8 Å². The van der Waals surface area contributed by atoms with Gasteiger partial charge in [0.15, 0.2) is 5.85 Å². The van der Waals surface area contributed by atoms with Gasteiger partial charge in [-0.2, -0.15) is 0 Å². The van der Waals surface area contributed by atoms with Gasteiger partial charge in [-0.25, -0.2) is 4.39 Å². The monoisotopic (exact) mass is 365 g/mol. The van der Waals surface area contributed by atoms with Crippen LogP contribution in [0.15, 0.2) is 48.5 Å². The fraction of sp³-hybridized carbons (Fsp3) is 0.368. The first-order chi connectivity index (χ1) is 11.9. The molecule has 6 heteroatoms. The highest BCUT2D eigenvalue weighted by molar-refractivity contribution is 7.67. The van der Waals surface area contributed by atoms with Crippen LogP contribution in [-0.2, 0) is 9.09 Å². The number of hydrogen-bond acceptors (Lipinski definition) is 4. The molecule has 0 radical (unpaired) electrons. The van der Waals surface area contributed by atoms with Gasteiger partial charge in [-0.1, -0.05) is 31.5 Å². The molecule has 1 N–H and O–H groups in total. The van der Waals surface area contributed by atoms with Gasteiger partial charge < -0.3 is 14.5 Å². The lowest BCUT2D eigenvalue weighted by Crippen LogP contribution is -2.17. The summed E-state index contributed by atoms with van der Waals surface area (Å²) in [6.45, 7) is 2.24. The third-order valence-corrected chi connectivity index (χ3v) is 6.52. The summed E-state index contributed by atoms with van der Waals surface area (Å²) < 4.78 is 33.3. The molecule has 0 aliphatic rings. The van der Waals surface area contributed by atoms with E-state index in [1.54, 1.807) is 30.3 Å². The van der Waals surface area contributed by atoms with Crippen molar-refractivity contribution >= 4 is 18.4 Å². The zero-order valence-electron chi connectivity index (χ0n) is 14.9. The number of aliphatic hydroxyl groups excluding tert-OH is 1. The zero-order valence-corrected chi connectivity index (χ0v) is 15.7. The van der Waals surface area contributed by atoms with Gasteiger partial charge >= 0.3 is 0 Å². The van der Waals surface area contributed by atoms with Crippen LogP contribution in [-0.4, -0.2) is 25.8 Å². The summed E-state index contributed by atoms with van der Waals surface area (Å²) in [7, 11) is 0.112. The Morgan fingerprint density at radius 1 is 1.16 bits per heavy atom. The maximum atomic E-state index is 14.1. The first kappa shape index (κ1) is 19.6. The van der Waals surface area contributed by atoms with Gasteiger partial charge in [0.25, 0.3) is 7.37 Å². The van der Waals surface area contributed by atoms with Gasteiger partial charge in [0.2, 0.25) is 0 Å². The van der Waals surface area contributed by atoms with Crippen molar-refractivity contribution in [1.29, 1.82) is 0 Å². The molecule has 2 aromatic carbocycles. The molecule has 2 rings (SSSR count). The van der Waals surface area contributed by atoms with Crippen molar-refractivity contribution in [2.24, 2.45) is 0 Å². The zero-order chi connectivity index (χ0) is 18.4. The predicted octanol–water partition coefficient (Wildman–Crippen LogP) is 4.30. The lowest BCUT2D eigenvalue weighted by atomic mass is 10.2. The molecular weight excluding hydrogens is 340 g/mol. The summed E-state index contributed by atoms with van der Waals surface area (Å²) in [5.74, 6) is -2.14. The van der Waals surface area contributed by atoms with Crippen LogP contribution < -0.4 is 10.2 Å². The summed E-state index contributed by atoms with van der Waals surface area (Å²) in [4.78, 5) is 1.92. The van der Waals surface area contributed by atoms with Crippen LogP contribution in [0.3, 0.4) is 0 Å². The average Bonchev–Trinajstić information content (AvgIpc) is 2.61. The highest BCUT2D eigenvalue weighted by Crippen LogP contribution is 2.58. The molecule has 0 aliphatic carbocycles. The first-order valence-corrected chi connectivity index (χ1v) is 10.0. The summed E-state index contributed by atoms with van der Waals surface area (Å²) in [5, 5.41) is 11.1. The van der Waals surface area contributed by atoms with Crippen LogP contribution in [0.4, 0.5) is 10.1 Å². The number of unbranched alkanes of at least 4 members (excludes halogenated alkanes) is 1. The SMILES string of the molecule is CCCCO[P@@](=O)(c1ccc(N(C)C)cc1)[C@@H](O)c1ccccc1F. The number of rotatable bonds is 8. The van der Waals surface area contributed by atoms with E-state index in [0.29, 0.717) is 11.7 Å². The van der Waals surface area contributed by atoms with E-state index in [2.05, 4.69) is 0 Å². The Kier molecular flexibility index (Phi) is 6.77. The van der Waals surface area contributed by atoms with Gasteiger partial charge in [-0.15, -0.1) is 0 Å². The van der Waals surface area contributed by atoms with Crippen LogP contribution in [0.25, 0.3) is 0 Å². The predicted molar refractivity (Wildman–Crippen MR) is 100 cm³/mol. The van der Waals surface area contributed by atoms with Gasteiger partial charge in [0, 0.05) is 30.7 Å². The fourth-order valence-electron chi connectivity index (χ4n) is 2.46. The number of halogens is 1. The Hall–Kier alpha value is -1.68.